The molecule has 8 heteroatoms. The van der Waals surface area contributed by atoms with Crippen molar-refractivity contribution in [2.45, 2.75) is 13.0 Å². The molecule has 1 aliphatic heterocycles. The fraction of sp³-hybridized carbons (Fsp3) is 0.417. The Kier molecular flexibility index (Phi) is 4.04. The van der Waals surface area contributed by atoms with Crippen molar-refractivity contribution in [3.63, 3.8) is 0 Å². The molecule has 1 heterocycles. The largest absolute Gasteiger partial charge is 0.481 e. The van der Waals surface area contributed by atoms with Gasteiger partial charge >= 0.3 is 0 Å². The molecule has 2 rings (SSSR count). The molecule has 0 aromatic heterocycles. The van der Waals surface area contributed by atoms with Crippen molar-refractivity contribution in [3.05, 3.63) is 22.2 Å². The number of nitro benzene ring substituents is 1. The van der Waals surface area contributed by atoms with E-state index in [9.17, 15) is 14.9 Å². The number of nitrogens with zero attached hydrogens (tertiary/aromatic N) is 1. The molecule has 108 valence electrons. The van der Waals surface area contributed by atoms with Crippen LogP contribution in [0, 0.1) is 10.1 Å². The Morgan fingerprint density at radius 1 is 1.60 bits per heavy atom. The lowest BCUT2D eigenvalue weighted by atomic mass is 10.2. The van der Waals surface area contributed by atoms with Gasteiger partial charge in [0.1, 0.15) is 5.69 Å². The summed E-state index contributed by atoms with van der Waals surface area (Å²) in [6.07, 6.45) is -0.100. The van der Waals surface area contributed by atoms with Gasteiger partial charge in [0, 0.05) is 13.7 Å². The van der Waals surface area contributed by atoms with Gasteiger partial charge in [-0.1, -0.05) is 0 Å². The van der Waals surface area contributed by atoms with E-state index in [1.54, 1.807) is 7.11 Å². The van der Waals surface area contributed by atoms with Crippen molar-refractivity contribution in [2.24, 2.45) is 0 Å². The molecule has 0 fully saturated rings. The number of methoxy groups -OCH3 is 1. The average Bonchev–Trinajstić information content (AvgIpc) is 2.43. The van der Waals surface area contributed by atoms with Crippen LogP contribution in [-0.2, 0) is 9.53 Å². The molecule has 0 saturated carbocycles. The van der Waals surface area contributed by atoms with Crippen LogP contribution in [0.1, 0.15) is 6.92 Å². The van der Waals surface area contributed by atoms with E-state index in [0.717, 1.165) is 0 Å². The Morgan fingerprint density at radius 2 is 2.35 bits per heavy atom. The molecule has 20 heavy (non-hydrogen) atoms. The van der Waals surface area contributed by atoms with Crippen molar-refractivity contribution in [1.29, 1.82) is 0 Å². The molecule has 1 aliphatic rings. The van der Waals surface area contributed by atoms with Gasteiger partial charge in [0.2, 0.25) is 0 Å². The molecule has 2 N–H and O–H groups in total. The van der Waals surface area contributed by atoms with Crippen LogP contribution in [0.5, 0.6) is 5.75 Å². The zero-order valence-electron chi connectivity index (χ0n) is 11.1. The number of hydrogen-bond acceptors (Lipinski definition) is 6. The van der Waals surface area contributed by atoms with Gasteiger partial charge in [-0.15, -0.1) is 0 Å². The lowest BCUT2D eigenvalue weighted by Gasteiger charge is -2.19. The van der Waals surface area contributed by atoms with Gasteiger partial charge in [-0.25, -0.2) is 0 Å². The molecular weight excluding hydrogens is 266 g/mol. The summed E-state index contributed by atoms with van der Waals surface area (Å²) >= 11 is 0. The molecular formula is C12H15N3O5. The highest BCUT2D eigenvalue weighted by molar-refractivity contribution is 5.96. The summed E-state index contributed by atoms with van der Waals surface area (Å²) in [6, 6.07) is 2.79. The maximum atomic E-state index is 11.3. The number of carbonyl (C=O) groups excluding carboxylic acids is 1. The van der Waals surface area contributed by atoms with Gasteiger partial charge < -0.3 is 20.1 Å². The first kappa shape index (κ1) is 14.1. The molecule has 0 radical (unpaired) electrons. The minimum Gasteiger partial charge on any atom is -0.481 e. The fourth-order valence-corrected chi connectivity index (χ4v) is 1.75. The number of amides is 1. The molecule has 0 bridgehead atoms. The topological polar surface area (TPSA) is 103 Å². The quantitative estimate of drug-likeness (QED) is 0.624. The van der Waals surface area contributed by atoms with Crippen LogP contribution in [0.3, 0.4) is 0 Å². The number of nitrogens with one attached hydrogen (secondary N) is 2. The molecule has 8 nitrogen and oxygen atoms in total. The fourth-order valence-electron chi connectivity index (χ4n) is 1.75. The van der Waals surface area contributed by atoms with Crippen molar-refractivity contribution in [3.8, 4) is 5.75 Å². The normalized spacial score (nSPS) is 14.8. The molecule has 0 spiro atoms. The average molecular weight is 281 g/mol. The Balaban J connectivity index is 2.30. The highest BCUT2D eigenvalue weighted by Gasteiger charge is 2.23. The maximum Gasteiger partial charge on any atom is 0.296 e. The Labute approximate surface area is 115 Å². The number of anilines is 2. The van der Waals surface area contributed by atoms with Crippen LogP contribution in [0.25, 0.3) is 0 Å². The van der Waals surface area contributed by atoms with Crippen LogP contribution < -0.4 is 15.4 Å². The number of benzene rings is 1. The van der Waals surface area contributed by atoms with Crippen molar-refractivity contribution in [1.82, 2.24) is 0 Å². The van der Waals surface area contributed by atoms with Crippen LogP contribution in [0.2, 0.25) is 0 Å². The van der Waals surface area contributed by atoms with Crippen LogP contribution in [-0.4, -0.2) is 37.2 Å². The molecule has 0 saturated heterocycles. The second kappa shape index (κ2) is 5.74. The Morgan fingerprint density at radius 3 is 3.00 bits per heavy atom. The van der Waals surface area contributed by atoms with Gasteiger partial charge in [0.05, 0.1) is 22.8 Å². The number of nitro groups is 1. The molecule has 0 aliphatic carbocycles. The monoisotopic (exact) mass is 281 g/mol. The number of hydrogen-bond donors (Lipinski definition) is 2. The third kappa shape index (κ3) is 2.97. The van der Waals surface area contributed by atoms with Crippen LogP contribution >= 0.6 is 0 Å². The Hall–Kier alpha value is -2.35. The maximum absolute atomic E-state index is 11.3. The van der Waals surface area contributed by atoms with Crippen LogP contribution in [0.4, 0.5) is 17.1 Å². The standard InChI is InChI=1S/C12H15N3O5/c1-7(19-2)5-13-8-3-9-11(4-10(8)15(17)18)20-6-12(16)14-9/h3-4,7,13H,5-6H2,1-2H3,(H,14,16). The van der Waals surface area contributed by atoms with Crippen molar-refractivity contribution in [2.75, 3.05) is 30.9 Å². The highest BCUT2D eigenvalue weighted by Crippen LogP contribution is 2.37. The smallest absolute Gasteiger partial charge is 0.296 e. The first-order chi connectivity index (χ1) is 9.51. The molecule has 1 amide bonds. The summed E-state index contributed by atoms with van der Waals surface area (Å²) in [5.74, 6) is 0.00389. The number of rotatable bonds is 5. The van der Waals surface area contributed by atoms with E-state index in [1.807, 2.05) is 6.92 Å². The van der Waals surface area contributed by atoms with E-state index in [0.29, 0.717) is 23.7 Å². The number of ether oxygens (including phenoxy) is 2. The number of carbonyl (C=O) groups is 1. The second-order valence-corrected chi connectivity index (χ2v) is 4.39. The summed E-state index contributed by atoms with van der Waals surface area (Å²) in [6.45, 7) is 2.10. The Bertz CT molecular complexity index is 546. The van der Waals surface area contributed by atoms with E-state index in [-0.39, 0.29) is 24.3 Å². The van der Waals surface area contributed by atoms with Crippen LogP contribution in [0.15, 0.2) is 12.1 Å². The minimum absolute atomic E-state index is 0.100. The summed E-state index contributed by atoms with van der Waals surface area (Å²) < 4.78 is 10.2. The third-order valence-electron chi connectivity index (χ3n) is 2.91. The van der Waals surface area contributed by atoms with Crippen molar-refractivity contribution >= 4 is 23.0 Å². The van der Waals surface area contributed by atoms with E-state index >= 15 is 0 Å². The van der Waals surface area contributed by atoms with Gasteiger partial charge in [0.25, 0.3) is 11.6 Å². The zero-order chi connectivity index (χ0) is 14.7. The third-order valence-corrected chi connectivity index (χ3v) is 2.91. The first-order valence-electron chi connectivity index (χ1n) is 6.03. The predicted octanol–water partition coefficient (Wildman–Crippen LogP) is 1.37. The molecule has 1 unspecified atom stereocenters. The number of fused-ring (bicyclic) bond motifs is 1. The summed E-state index contributed by atoms with van der Waals surface area (Å²) in [5.41, 5.74) is 0.617. The van der Waals surface area contributed by atoms with Gasteiger partial charge in [-0.2, -0.15) is 0 Å². The van der Waals surface area contributed by atoms with Gasteiger partial charge in [-0.3, -0.25) is 14.9 Å². The summed E-state index contributed by atoms with van der Waals surface area (Å²) in [7, 11) is 1.56. The van der Waals surface area contributed by atoms with Crippen molar-refractivity contribution < 1.29 is 19.2 Å². The summed E-state index contributed by atoms with van der Waals surface area (Å²) in [5, 5.41) is 16.6. The van der Waals surface area contributed by atoms with Gasteiger partial charge in [0.15, 0.2) is 12.4 Å². The first-order valence-corrected chi connectivity index (χ1v) is 6.03. The minimum atomic E-state index is -0.500. The zero-order valence-corrected chi connectivity index (χ0v) is 11.1. The lowest BCUT2D eigenvalue weighted by Crippen LogP contribution is -2.26. The highest BCUT2D eigenvalue weighted by atomic mass is 16.6. The molecule has 1 atom stereocenters. The molecule has 1 aromatic rings. The van der Waals surface area contributed by atoms with Gasteiger partial charge in [-0.05, 0) is 13.0 Å². The predicted molar refractivity (Wildman–Crippen MR) is 72.2 cm³/mol. The molecule has 1 aromatic carbocycles. The van der Waals surface area contributed by atoms with E-state index in [2.05, 4.69) is 10.6 Å². The van der Waals surface area contributed by atoms with E-state index < -0.39 is 4.92 Å². The summed E-state index contributed by atoms with van der Waals surface area (Å²) in [4.78, 5) is 21.8. The SMILES string of the molecule is COC(C)CNc1cc2c(cc1[N+](=O)[O-])OCC(=O)N2. The lowest BCUT2D eigenvalue weighted by molar-refractivity contribution is -0.384. The second-order valence-electron chi connectivity index (χ2n) is 4.39. The van der Waals surface area contributed by atoms with E-state index in [4.69, 9.17) is 9.47 Å². The van der Waals surface area contributed by atoms with E-state index in [1.165, 1.54) is 12.1 Å².